The fraction of sp³-hybridized carbons (Fsp3) is 0.308. The Bertz CT molecular complexity index is 608. The molecular formula is C13H12ClF3N2O. The maximum atomic E-state index is 12.9. The Hall–Kier alpha value is -1.69. The molecule has 2 aromatic rings. The van der Waals surface area contributed by atoms with Crippen molar-refractivity contribution >= 4 is 11.6 Å². The number of halogens is 4. The number of aromatic nitrogens is 2. The number of imidazole rings is 1. The fourth-order valence-electron chi connectivity index (χ4n) is 1.76. The highest BCUT2D eigenvalue weighted by Crippen LogP contribution is 2.38. The maximum absolute atomic E-state index is 12.9. The smallest absolute Gasteiger partial charge is 0.419 e. The summed E-state index contributed by atoms with van der Waals surface area (Å²) in [5.41, 5.74) is -0.852. The van der Waals surface area contributed by atoms with Crippen molar-refractivity contribution in [2.24, 2.45) is 0 Å². The van der Waals surface area contributed by atoms with E-state index in [9.17, 15) is 13.2 Å². The van der Waals surface area contributed by atoms with Gasteiger partial charge in [0.15, 0.2) is 0 Å². The molecule has 0 saturated heterocycles. The van der Waals surface area contributed by atoms with Crippen LogP contribution in [-0.4, -0.2) is 9.55 Å². The molecule has 0 unspecified atom stereocenters. The van der Waals surface area contributed by atoms with Crippen molar-refractivity contribution in [2.45, 2.75) is 26.1 Å². The quantitative estimate of drug-likeness (QED) is 0.804. The van der Waals surface area contributed by atoms with E-state index in [1.54, 1.807) is 0 Å². The van der Waals surface area contributed by atoms with E-state index < -0.39 is 11.7 Å². The molecule has 0 radical (unpaired) electrons. The van der Waals surface area contributed by atoms with Crippen LogP contribution in [-0.2, 0) is 6.18 Å². The Kier molecular flexibility index (Phi) is 3.94. The zero-order valence-corrected chi connectivity index (χ0v) is 11.5. The maximum Gasteiger partial charge on any atom is 0.419 e. The van der Waals surface area contributed by atoms with Gasteiger partial charge in [-0.25, -0.2) is 4.98 Å². The zero-order chi connectivity index (χ0) is 14.9. The van der Waals surface area contributed by atoms with E-state index in [1.807, 2.05) is 13.8 Å². The van der Waals surface area contributed by atoms with Gasteiger partial charge in [-0.2, -0.15) is 13.2 Å². The first-order chi connectivity index (χ1) is 9.30. The van der Waals surface area contributed by atoms with Crippen LogP contribution >= 0.6 is 11.6 Å². The van der Waals surface area contributed by atoms with Gasteiger partial charge in [0.25, 0.3) is 0 Å². The minimum absolute atomic E-state index is 0.0294. The molecule has 0 spiro atoms. The molecule has 108 valence electrons. The first-order valence-electron chi connectivity index (χ1n) is 5.87. The second-order valence-electron chi connectivity index (χ2n) is 4.42. The number of hydrogen-bond donors (Lipinski definition) is 0. The van der Waals surface area contributed by atoms with Gasteiger partial charge in [-0.15, -0.1) is 0 Å². The fourth-order valence-corrected chi connectivity index (χ4v) is 2.07. The van der Waals surface area contributed by atoms with Crippen molar-refractivity contribution in [3.8, 4) is 11.8 Å². The molecule has 0 aliphatic rings. The molecule has 3 nitrogen and oxygen atoms in total. The van der Waals surface area contributed by atoms with Crippen LogP contribution in [0.25, 0.3) is 0 Å². The van der Waals surface area contributed by atoms with Crippen LogP contribution in [0.5, 0.6) is 11.8 Å². The summed E-state index contributed by atoms with van der Waals surface area (Å²) in [6.07, 6.45) is -3.15. The molecule has 0 bridgehead atoms. The predicted molar refractivity (Wildman–Crippen MR) is 69.1 cm³/mol. The molecular weight excluding hydrogens is 293 g/mol. The van der Waals surface area contributed by atoms with Crippen LogP contribution in [0.15, 0.2) is 30.5 Å². The summed E-state index contributed by atoms with van der Waals surface area (Å²) in [7, 11) is 0. The zero-order valence-electron chi connectivity index (χ0n) is 10.8. The van der Waals surface area contributed by atoms with Crippen LogP contribution in [0.3, 0.4) is 0 Å². The number of hydrogen-bond acceptors (Lipinski definition) is 2. The van der Waals surface area contributed by atoms with E-state index in [4.69, 9.17) is 16.3 Å². The lowest BCUT2D eigenvalue weighted by Gasteiger charge is -2.15. The largest absolute Gasteiger partial charge is 0.425 e. The number of para-hydroxylation sites is 1. The molecule has 0 aliphatic carbocycles. The van der Waals surface area contributed by atoms with Gasteiger partial charge in [0.1, 0.15) is 10.9 Å². The van der Waals surface area contributed by atoms with E-state index in [-0.39, 0.29) is 17.8 Å². The molecule has 20 heavy (non-hydrogen) atoms. The third-order valence-corrected chi connectivity index (χ3v) is 2.91. The van der Waals surface area contributed by atoms with Crippen molar-refractivity contribution in [2.75, 3.05) is 0 Å². The molecule has 1 aromatic heterocycles. The number of benzene rings is 1. The molecule has 1 aromatic carbocycles. The molecule has 2 rings (SSSR count). The summed E-state index contributed by atoms with van der Waals surface area (Å²) in [5.74, 6) is -0.302. The summed E-state index contributed by atoms with van der Waals surface area (Å²) in [5, 5.41) is 0.305. The molecule has 0 atom stereocenters. The van der Waals surface area contributed by atoms with Gasteiger partial charge in [0.2, 0.25) is 0 Å². The summed E-state index contributed by atoms with van der Waals surface area (Å²) < 4.78 is 45.5. The molecule has 0 N–H and O–H groups in total. The van der Waals surface area contributed by atoms with E-state index in [0.717, 1.165) is 6.07 Å². The van der Waals surface area contributed by atoms with E-state index >= 15 is 0 Å². The second-order valence-corrected chi connectivity index (χ2v) is 4.81. The van der Waals surface area contributed by atoms with Gasteiger partial charge < -0.3 is 4.74 Å². The van der Waals surface area contributed by atoms with Gasteiger partial charge >= 0.3 is 12.2 Å². The Morgan fingerprint density at radius 2 is 1.90 bits per heavy atom. The summed E-state index contributed by atoms with van der Waals surface area (Å²) in [6.45, 7) is 3.66. The highest BCUT2D eigenvalue weighted by atomic mass is 35.5. The van der Waals surface area contributed by atoms with Gasteiger partial charge in [-0.3, -0.25) is 4.57 Å². The highest BCUT2D eigenvalue weighted by molar-refractivity contribution is 6.29. The van der Waals surface area contributed by atoms with Gasteiger partial charge in [0.05, 0.1) is 11.8 Å². The topological polar surface area (TPSA) is 27.1 Å². The summed E-state index contributed by atoms with van der Waals surface area (Å²) in [6, 6.07) is 4.92. The Morgan fingerprint density at radius 1 is 1.25 bits per heavy atom. The van der Waals surface area contributed by atoms with E-state index in [1.165, 1.54) is 29.0 Å². The van der Waals surface area contributed by atoms with Gasteiger partial charge in [-0.1, -0.05) is 23.7 Å². The van der Waals surface area contributed by atoms with Crippen molar-refractivity contribution < 1.29 is 17.9 Å². The average Bonchev–Trinajstić information content (AvgIpc) is 2.70. The Morgan fingerprint density at radius 3 is 2.50 bits per heavy atom. The third-order valence-electron chi connectivity index (χ3n) is 2.63. The van der Waals surface area contributed by atoms with Crippen LogP contribution in [0, 0.1) is 0 Å². The normalized spacial score (nSPS) is 11.9. The first kappa shape index (κ1) is 14.7. The first-order valence-corrected chi connectivity index (χ1v) is 6.25. The summed E-state index contributed by atoms with van der Waals surface area (Å²) >= 11 is 5.93. The highest BCUT2D eigenvalue weighted by Gasteiger charge is 2.34. The Balaban J connectivity index is 2.41. The monoisotopic (exact) mass is 304 g/mol. The molecule has 0 saturated carbocycles. The van der Waals surface area contributed by atoms with Crippen molar-refractivity contribution in [3.63, 3.8) is 0 Å². The van der Waals surface area contributed by atoms with E-state index in [0.29, 0.717) is 5.15 Å². The molecule has 0 fully saturated rings. The van der Waals surface area contributed by atoms with E-state index in [2.05, 4.69) is 4.98 Å². The summed E-state index contributed by atoms with van der Waals surface area (Å²) in [4.78, 5) is 3.90. The lowest BCUT2D eigenvalue weighted by Crippen LogP contribution is -2.09. The molecule has 0 amide bonds. The number of nitrogens with zero attached hydrogens (tertiary/aromatic N) is 2. The average molecular weight is 305 g/mol. The minimum atomic E-state index is -4.49. The van der Waals surface area contributed by atoms with Crippen molar-refractivity contribution in [1.29, 1.82) is 0 Å². The lowest BCUT2D eigenvalue weighted by molar-refractivity contribution is -0.138. The third kappa shape index (κ3) is 2.90. The minimum Gasteiger partial charge on any atom is -0.425 e. The predicted octanol–water partition coefficient (Wildman–Crippen LogP) is 4.93. The standard InChI is InChI=1S/C13H12ClF3N2O/c1-8(2)19-11(14)7-18-12(19)20-10-6-4-3-5-9(10)13(15,16)17/h3-8H,1-2H3. The van der Waals surface area contributed by atoms with Crippen LogP contribution in [0.4, 0.5) is 13.2 Å². The molecule has 1 heterocycles. The second kappa shape index (κ2) is 5.36. The van der Waals surface area contributed by atoms with Crippen molar-refractivity contribution in [1.82, 2.24) is 9.55 Å². The van der Waals surface area contributed by atoms with Crippen LogP contribution in [0.1, 0.15) is 25.5 Å². The van der Waals surface area contributed by atoms with Gasteiger partial charge in [0, 0.05) is 6.04 Å². The molecule has 7 heteroatoms. The number of ether oxygens (including phenoxy) is 1. The molecule has 0 aliphatic heterocycles. The Labute approximate surface area is 119 Å². The SMILES string of the molecule is CC(C)n1c(Cl)cnc1Oc1ccccc1C(F)(F)F. The van der Waals surface area contributed by atoms with Gasteiger partial charge in [-0.05, 0) is 26.0 Å². The number of rotatable bonds is 3. The van der Waals surface area contributed by atoms with Crippen LogP contribution < -0.4 is 4.74 Å². The lowest BCUT2D eigenvalue weighted by atomic mass is 10.2. The number of alkyl halides is 3. The van der Waals surface area contributed by atoms with Crippen LogP contribution in [0.2, 0.25) is 5.15 Å². The van der Waals surface area contributed by atoms with Crippen molar-refractivity contribution in [3.05, 3.63) is 41.2 Å².